The van der Waals surface area contributed by atoms with Crippen LogP contribution in [0.15, 0.2) is 18.2 Å². The summed E-state index contributed by atoms with van der Waals surface area (Å²) in [6, 6.07) is 0.232. The third-order valence-electron chi connectivity index (χ3n) is 6.36. The van der Waals surface area contributed by atoms with Crippen molar-refractivity contribution in [2.45, 2.75) is 52.0 Å². The molecule has 3 heterocycles. The Hall–Kier alpha value is -3.05. The van der Waals surface area contributed by atoms with E-state index in [1.54, 1.807) is 6.92 Å². The average Bonchev–Trinajstić information content (AvgIpc) is 2.77. The fraction of sp³-hybridized carbons (Fsp3) is 0.522. The number of fused-ring (bicyclic) bond motifs is 1. The van der Waals surface area contributed by atoms with E-state index in [0.717, 1.165) is 43.0 Å². The van der Waals surface area contributed by atoms with Gasteiger partial charge in [-0.05, 0) is 43.9 Å². The van der Waals surface area contributed by atoms with Crippen molar-refractivity contribution in [3.05, 3.63) is 46.4 Å². The molecule has 2 aromatic rings. The zero-order valence-corrected chi connectivity index (χ0v) is 19.2. The first kappa shape index (κ1) is 25.1. The molecule has 35 heavy (non-hydrogen) atoms. The summed E-state index contributed by atoms with van der Waals surface area (Å²) in [6.07, 6.45) is -7.60. The standard InChI is InChI=1S/C23H25F6N5O/c1-13-3-6-33(7-4-13)20-18-12-34(8-5-19(18)30-14(2)31-20)21(35)32-17-10-15(22(24,25)26)9-16(11-17)23(27,28)29/h9-11,13H,3-8,12H2,1-2H3,(H,32,35). The Bertz CT molecular complexity index is 1080. The maximum Gasteiger partial charge on any atom is 0.416 e. The van der Waals surface area contributed by atoms with Crippen LogP contribution in [0.5, 0.6) is 0 Å². The molecule has 0 atom stereocenters. The fourth-order valence-electron chi connectivity index (χ4n) is 4.40. The normalized spacial score (nSPS) is 17.4. The third kappa shape index (κ3) is 5.62. The second-order valence-electron chi connectivity index (χ2n) is 9.09. The van der Waals surface area contributed by atoms with Crippen molar-refractivity contribution in [2.75, 3.05) is 29.9 Å². The van der Waals surface area contributed by atoms with E-state index in [0.29, 0.717) is 30.3 Å². The molecule has 0 aliphatic carbocycles. The SMILES string of the molecule is Cc1nc2c(c(N3CCC(C)CC3)n1)CN(C(=O)Nc1cc(C(F)(F)F)cc(C(F)(F)F)c1)CC2. The van der Waals surface area contributed by atoms with E-state index in [1.165, 1.54) is 4.90 Å². The van der Waals surface area contributed by atoms with E-state index < -0.39 is 35.2 Å². The number of urea groups is 1. The van der Waals surface area contributed by atoms with Gasteiger partial charge in [-0.3, -0.25) is 0 Å². The van der Waals surface area contributed by atoms with Gasteiger partial charge in [-0.25, -0.2) is 14.8 Å². The first-order chi connectivity index (χ1) is 16.3. The molecule has 190 valence electrons. The predicted octanol–water partition coefficient (Wildman–Crippen LogP) is 5.65. The monoisotopic (exact) mass is 501 g/mol. The van der Waals surface area contributed by atoms with Crippen LogP contribution in [0.25, 0.3) is 0 Å². The summed E-state index contributed by atoms with van der Waals surface area (Å²) >= 11 is 0. The number of aromatic nitrogens is 2. The lowest BCUT2D eigenvalue weighted by molar-refractivity contribution is -0.143. The van der Waals surface area contributed by atoms with Gasteiger partial charge in [0, 0.05) is 37.3 Å². The number of hydrogen-bond acceptors (Lipinski definition) is 4. The maximum absolute atomic E-state index is 13.2. The van der Waals surface area contributed by atoms with Crippen LogP contribution in [-0.2, 0) is 25.3 Å². The highest BCUT2D eigenvalue weighted by Crippen LogP contribution is 2.38. The molecule has 0 unspecified atom stereocenters. The van der Waals surface area contributed by atoms with Gasteiger partial charge in [0.05, 0.1) is 23.4 Å². The van der Waals surface area contributed by atoms with E-state index in [1.807, 2.05) is 0 Å². The minimum atomic E-state index is -5.00. The van der Waals surface area contributed by atoms with Crippen LogP contribution in [0.1, 0.15) is 48.0 Å². The molecule has 2 aliphatic rings. The van der Waals surface area contributed by atoms with Crippen LogP contribution in [0.3, 0.4) is 0 Å². The quantitative estimate of drug-likeness (QED) is 0.541. The van der Waals surface area contributed by atoms with Crippen LogP contribution in [0, 0.1) is 12.8 Å². The fourth-order valence-corrected chi connectivity index (χ4v) is 4.40. The number of nitrogens with one attached hydrogen (secondary N) is 1. The first-order valence-corrected chi connectivity index (χ1v) is 11.3. The highest BCUT2D eigenvalue weighted by atomic mass is 19.4. The zero-order chi connectivity index (χ0) is 25.5. The largest absolute Gasteiger partial charge is 0.416 e. The van der Waals surface area contributed by atoms with Crippen LogP contribution >= 0.6 is 0 Å². The molecule has 0 spiro atoms. The molecule has 12 heteroatoms. The number of alkyl halides is 6. The smallest absolute Gasteiger partial charge is 0.356 e. The number of hydrogen-bond donors (Lipinski definition) is 1. The second-order valence-corrected chi connectivity index (χ2v) is 9.09. The van der Waals surface area contributed by atoms with Crippen molar-refractivity contribution >= 4 is 17.5 Å². The molecule has 4 rings (SSSR count). The van der Waals surface area contributed by atoms with Crippen molar-refractivity contribution in [3.63, 3.8) is 0 Å². The summed E-state index contributed by atoms with van der Waals surface area (Å²) < 4.78 is 79.0. The van der Waals surface area contributed by atoms with Crippen molar-refractivity contribution in [1.82, 2.24) is 14.9 Å². The van der Waals surface area contributed by atoms with Gasteiger partial charge in [-0.15, -0.1) is 0 Å². The van der Waals surface area contributed by atoms with Crippen LogP contribution in [-0.4, -0.2) is 40.5 Å². The Kier molecular flexibility index (Phi) is 6.58. The average molecular weight is 501 g/mol. The first-order valence-electron chi connectivity index (χ1n) is 11.3. The lowest BCUT2D eigenvalue weighted by Crippen LogP contribution is -2.41. The maximum atomic E-state index is 13.2. The van der Waals surface area contributed by atoms with Crippen molar-refractivity contribution in [1.29, 1.82) is 0 Å². The summed E-state index contributed by atoms with van der Waals surface area (Å²) in [4.78, 5) is 25.5. The van der Waals surface area contributed by atoms with Crippen molar-refractivity contribution in [3.8, 4) is 0 Å². The Balaban J connectivity index is 1.58. The summed E-state index contributed by atoms with van der Waals surface area (Å²) in [6.45, 7) is 5.91. The lowest BCUT2D eigenvalue weighted by atomic mass is 9.98. The highest BCUT2D eigenvalue weighted by molar-refractivity contribution is 5.90. The molecular formula is C23H25F6N5O. The molecule has 2 amide bonds. The van der Waals surface area contributed by atoms with Crippen LogP contribution in [0.2, 0.25) is 0 Å². The van der Waals surface area contributed by atoms with Gasteiger partial charge >= 0.3 is 18.4 Å². The molecule has 1 aromatic heterocycles. The number of aryl methyl sites for hydroxylation is 1. The Labute approximate surface area is 198 Å². The molecule has 1 fully saturated rings. The van der Waals surface area contributed by atoms with E-state index in [4.69, 9.17) is 0 Å². The second kappa shape index (κ2) is 9.19. The number of halogens is 6. The van der Waals surface area contributed by atoms with Gasteiger partial charge in [0.15, 0.2) is 0 Å². The Morgan fingerprint density at radius 2 is 1.57 bits per heavy atom. The van der Waals surface area contributed by atoms with E-state index in [2.05, 4.69) is 27.1 Å². The molecule has 0 saturated carbocycles. The van der Waals surface area contributed by atoms with Gasteiger partial charge in [0.25, 0.3) is 0 Å². The van der Waals surface area contributed by atoms with Crippen molar-refractivity contribution < 1.29 is 31.1 Å². The summed E-state index contributed by atoms with van der Waals surface area (Å²) in [5, 5.41) is 2.22. The molecule has 1 saturated heterocycles. The lowest BCUT2D eigenvalue weighted by Gasteiger charge is -2.36. The predicted molar refractivity (Wildman–Crippen MR) is 117 cm³/mol. The number of amides is 2. The van der Waals surface area contributed by atoms with Gasteiger partial charge < -0.3 is 15.1 Å². The molecule has 2 aliphatic heterocycles. The highest BCUT2D eigenvalue weighted by Gasteiger charge is 2.37. The van der Waals surface area contributed by atoms with Gasteiger partial charge in [-0.1, -0.05) is 6.92 Å². The molecular weight excluding hydrogens is 476 g/mol. The number of piperidine rings is 1. The topological polar surface area (TPSA) is 61.4 Å². The minimum absolute atomic E-state index is 0.0260. The molecule has 1 N–H and O–H groups in total. The molecule has 0 bridgehead atoms. The number of carbonyl (C=O) groups is 1. The Morgan fingerprint density at radius 1 is 0.971 bits per heavy atom. The van der Waals surface area contributed by atoms with Gasteiger partial charge in [0.1, 0.15) is 11.6 Å². The van der Waals surface area contributed by atoms with Crippen LogP contribution < -0.4 is 10.2 Å². The van der Waals surface area contributed by atoms with Gasteiger partial charge in [0.2, 0.25) is 0 Å². The van der Waals surface area contributed by atoms with E-state index in [9.17, 15) is 31.1 Å². The van der Waals surface area contributed by atoms with Crippen molar-refractivity contribution in [2.24, 2.45) is 5.92 Å². The van der Waals surface area contributed by atoms with Gasteiger partial charge in [-0.2, -0.15) is 26.3 Å². The third-order valence-corrected chi connectivity index (χ3v) is 6.36. The molecule has 6 nitrogen and oxygen atoms in total. The van der Waals surface area contributed by atoms with Crippen LogP contribution in [0.4, 0.5) is 42.6 Å². The number of carbonyl (C=O) groups excluding carboxylic acids is 1. The number of benzene rings is 1. The molecule has 0 radical (unpaired) electrons. The number of nitrogens with zero attached hydrogens (tertiary/aromatic N) is 4. The molecule has 1 aromatic carbocycles. The Morgan fingerprint density at radius 3 is 2.14 bits per heavy atom. The summed E-state index contributed by atoms with van der Waals surface area (Å²) in [7, 11) is 0. The zero-order valence-electron chi connectivity index (χ0n) is 19.2. The number of rotatable bonds is 2. The minimum Gasteiger partial charge on any atom is -0.356 e. The summed E-state index contributed by atoms with van der Waals surface area (Å²) in [5.74, 6) is 1.94. The number of anilines is 2. The van der Waals surface area contributed by atoms with E-state index in [-0.39, 0.29) is 19.2 Å². The summed E-state index contributed by atoms with van der Waals surface area (Å²) in [5.41, 5.74) is -2.00. The van der Waals surface area contributed by atoms with E-state index >= 15 is 0 Å².